The smallest absolute Gasteiger partial charge is 0.126 e. The molecule has 8 bridgehead atoms. The van der Waals surface area contributed by atoms with Gasteiger partial charge in [-0.3, -0.25) is 0 Å². The van der Waals surface area contributed by atoms with E-state index in [-0.39, 0.29) is 24.0 Å². The zero-order valence-electron chi connectivity index (χ0n) is 31.5. The van der Waals surface area contributed by atoms with Crippen LogP contribution in [0.2, 0.25) is 0 Å². The molecule has 2 N–H and O–H groups in total. The van der Waals surface area contributed by atoms with Crippen LogP contribution in [0.25, 0.3) is 45.9 Å². The van der Waals surface area contributed by atoms with E-state index in [1.54, 1.807) is 0 Å². The lowest BCUT2D eigenvalue weighted by atomic mass is 9.98. The molecule has 6 nitrogen and oxygen atoms in total. The monoisotopic (exact) mass is 735 g/mol. The van der Waals surface area contributed by atoms with Crippen LogP contribution in [0.3, 0.4) is 0 Å². The second kappa shape index (κ2) is 16.0. The van der Waals surface area contributed by atoms with Crippen LogP contribution in [-0.4, -0.2) is 39.3 Å². The molecular weight excluding hydrogens is 693 g/mol. The lowest BCUT2D eigenvalue weighted by molar-refractivity contribution is 0.0623. The summed E-state index contributed by atoms with van der Waals surface area (Å²) < 4.78 is 77.3. The Bertz CT molecular complexity index is 2420. The molecule has 7 rings (SSSR count). The van der Waals surface area contributed by atoms with Crippen LogP contribution >= 0.6 is 0 Å². The molecule has 2 aliphatic rings. The Balaban J connectivity index is 1.21. The number of hydrogen-bond acceptors (Lipinski definition) is 4. The maximum Gasteiger partial charge on any atom is 0.126 e. The number of aromatic amines is 2. The van der Waals surface area contributed by atoms with Crippen molar-refractivity contribution in [1.29, 1.82) is 0 Å². The maximum absolute atomic E-state index is 13.9. The first-order chi connectivity index (χ1) is 26.4. The minimum absolute atomic E-state index is 0.123. The van der Waals surface area contributed by atoms with Crippen LogP contribution in [0.15, 0.2) is 78.8 Å². The predicted octanol–water partition coefficient (Wildman–Crippen LogP) is 11.5. The third kappa shape index (κ3) is 8.89. The third-order valence-corrected chi connectivity index (χ3v) is 9.86. The van der Waals surface area contributed by atoms with Crippen LogP contribution < -0.4 is 0 Å². The molecule has 0 saturated heterocycles. The molecule has 3 aromatic heterocycles. The van der Waals surface area contributed by atoms with Gasteiger partial charge in [0.25, 0.3) is 0 Å². The van der Waals surface area contributed by atoms with Crippen molar-refractivity contribution in [3.8, 4) is 0 Å². The van der Waals surface area contributed by atoms with E-state index in [2.05, 4.69) is 9.97 Å². The van der Waals surface area contributed by atoms with E-state index in [4.69, 9.17) is 19.4 Å². The van der Waals surface area contributed by atoms with Gasteiger partial charge in [-0.25, -0.2) is 27.5 Å². The van der Waals surface area contributed by atoms with Gasteiger partial charge in [-0.1, -0.05) is 13.8 Å². The Labute approximate surface area is 313 Å². The number of rotatable bonds is 12. The third-order valence-electron chi connectivity index (χ3n) is 9.86. The second-order valence-corrected chi connectivity index (χ2v) is 14.1. The number of halogens is 4. The fourth-order valence-electron chi connectivity index (χ4n) is 6.77. The van der Waals surface area contributed by atoms with Gasteiger partial charge in [-0.15, -0.1) is 0 Å². The van der Waals surface area contributed by atoms with Gasteiger partial charge in [0.05, 0.1) is 36.4 Å². The van der Waals surface area contributed by atoms with E-state index in [9.17, 15) is 18.9 Å². The average Bonchev–Trinajstić information content (AvgIpc) is 3.92. The number of nitrogens with one attached hydrogen (secondary N) is 2. The predicted molar refractivity (Wildman–Crippen MR) is 206 cm³/mol. The first-order valence-corrected chi connectivity index (χ1v) is 18.2. The minimum Gasteiger partial charge on any atom is -0.374 e. The molecule has 4 atom stereocenters. The highest BCUT2D eigenvalue weighted by Crippen LogP contribution is 2.31. The molecule has 0 fully saturated rings. The Morgan fingerprint density at radius 1 is 0.611 bits per heavy atom. The summed E-state index contributed by atoms with van der Waals surface area (Å²) in [6, 6.07) is 18.9. The van der Waals surface area contributed by atoms with Crippen LogP contribution in [0.1, 0.15) is 99.3 Å². The van der Waals surface area contributed by atoms with E-state index >= 15 is 0 Å². The van der Waals surface area contributed by atoms with Crippen LogP contribution in [0.5, 0.6) is 0 Å². The van der Waals surface area contributed by atoms with Crippen molar-refractivity contribution in [2.75, 3.05) is 13.2 Å². The summed E-state index contributed by atoms with van der Waals surface area (Å²) in [5.74, 6) is -2.72. The lowest BCUT2D eigenvalue weighted by Crippen LogP contribution is -2.12. The molecule has 54 heavy (non-hydrogen) atoms. The number of benzene rings is 2. The normalized spacial score (nSPS) is 15.1. The van der Waals surface area contributed by atoms with Gasteiger partial charge >= 0.3 is 0 Å². The summed E-state index contributed by atoms with van der Waals surface area (Å²) in [5, 5.41) is 0. The maximum atomic E-state index is 13.9. The highest BCUT2D eigenvalue weighted by Gasteiger charge is 2.20. The van der Waals surface area contributed by atoms with E-state index < -0.39 is 29.4 Å². The Morgan fingerprint density at radius 3 is 1.74 bits per heavy atom. The molecule has 278 valence electrons. The second-order valence-electron chi connectivity index (χ2n) is 14.1. The molecule has 0 amide bonds. The largest absolute Gasteiger partial charge is 0.374 e. The molecule has 5 aromatic rings. The molecular formula is C44H42F4N4O2. The average molecular weight is 736 g/mol. The van der Waals surface area contributed by atoms with Crippen molar-refractivity contribution < 1.29 is 28.4 Å². The number of hydrogen-bond donors (Lipinski definition) is 2. The molecule has 2 aromatic carbocycles. The zero-order chi connectivity index (χ0) is 38.8. The molecule has 5 heterocycles. The molecule has 4 unspecified atom stereocenters. The Morgan fingerprint density at radius 2 is 1.15 bits per heavy atom. The summed E-state index contributed by atoms with van der Waals surface area (Å²) in [5.41, 5.74) is 8.31. The molecule has 0 aliphatic carbocycles. The lowest BCUT2D eigenvalue weighted by Gasteiger charge is -2.17. The quantitative estimate of drug-likeness (QED) is 0.123. The fraction of sp³-hybridized carbons (Fsp3) is 0.273. The van der Waals surface area contributed by atoms with E-state index in [1.165, 1.54) is 24.3 Å². The number of H-pyrrole nitrogens is 2. The summed E-state index contributed by atoms with van der Waals surface area (Å²) in [7, 11) is 0. The Hall–Kier alpha value is -5.32. The van der Waals surface area contributed by atoms with E-state index in [0.29, 0.717) is 70.9 Å². The summed E-state index contributed by atoms with van der Waals surface area (Å²) >= 11 is 0. The Kier molecular flexibility index (Phi) is 10.6. The minimum atomic E-state index is -0.617. The van der Waals surface area contributed by atoms with E-state index in [0.717, 1.165) is 34.4 Å². The molecule has 0 saturated carbocycles. The first kappa shape index (κ1) is 35.7. The standard InChI is InChI=1S/C44H42F4N4O2/c1-25(29-13-31(45)17-32(46)14-29)9-11-53-27(3)41-21-39-20-37-6-5-35(49-37)19-36-7-8-38(50-36)23-43-42(22-40(52-43)24-44(41)51-39)28(4)54-12-10-26(2)30-15-33(47)18-34(48)16-30/h5-8,13-28,50-51H,9-12H2,1-4H3/i21D. The molecule has 0 radical (unpaired) electrons. The first-order valence-electron chi connectivity index (χ1n) is 18.7. The SMILES string of the molecule is [2H]c1c(C(C)OCCC(C)c2cc(F)cc(F)c2)c2cc3nc(cc4ccc(cc5nc(cc1[nH]2)C=C5)[nH]4)C(C(C)OCCC(C)c1cc(F)cc(F)c1)=C3. The van der Waals surface area contributed by atoms with E-state index in [1.807, 2.05) is 82.3 Å². The topological polar surface area (TPSA) is 75.8 Å². The fourth-order valence-corrected chi connectivity index (χ4v) is 6.77. The number of aromatic nitrogens is 4. The highest BCUT2D eigenvalue weighted by atomic mass is 19.1. The number of ether oxygens (including phenoxy) is 2. The van der Waals surface area contributed by atoms with Crippen molar-refractivity contribution in [2.24, 2.45) is 0 Å². The van der Waals surface area contributed by atoms with Gasteiger partial charge in [0.1, 0.15) is 23.3 Å². The van der Waals surface area contributed by atoms with Gasteiger partial charge < -0.3 is 19.4 Å². The number of fused-ring (bicyclic) bond motifs is 8. The van der Waals surface area contributed by atoms with Gasteiger partial charge in [-0.05, 0) is 135 Å². The van der Waals surface area contributed by atoms with Crippen molar-refractivity contribution in [3.63, 3.8) is 0 Å². The van der Waals surface area contributed by atoms with Crippen LogP contribution in [0, 0.1) is 23.3 Å². The van der Waals surface area contributed by atoms with Crippen molar-refractivity contribution in [1.82, 2.24) is 19.9 Å². The highest BCUT2D eigenvalue weighted by molar-refractivity contribution is 5.87. The molecule has 10 heteroatoms. The van der Waals surface area contributed by atoms with Gasteiger partial charge in [0.15, 0.2) is 0 Å². The van der Waals surface area contributed by atoms with Gasteiger partial charge in [0, 0.05) is 58.5 Å². The van der Waals surface area contributed by atoms with Crippen molar-refractivity contribution in [2.45, 2.75) is 64.6 Å². The van der Waals surface area contributed by atoms with Crippen LogP contribution in [-0.2, 0) is 9.47 Å². The number of nitrogens with zero attached hydrogens (tertiary/aromatic N) is 2. The zero-order valence-corrected chi connectivity index (χ0v) is 30.5. The van der Waals surface area contributed by atoms with Crippen molar-refractivity contribution >= 4 is 45.9 Å². The summed E-state index contributed by atoms with van der Waals surface area (Å²) in [4.78, 5) is 16.6. The van der Waals surface area contributed by atoms with Gasteiger partial charge in [-0.2, -0.15) is 0 Å². The molecule has 2 aliphatic heterocycles. The molecule has 0 spiro atoms. The summed E-state index contributed by atoms with van der Waals surface area (Å²) in [6.07, 6.45) is 5.96. The van der Waals surface area contributed by atoms with Crippen molar-refractivity contribution in [3.05, 3.63) is 142 Å². The summed E-state index contributed by atoms with van der Waals surface area (Å²) in [6.45, 7) is 8.29. The van der Waals surface area contributed by atoms with Gasteiger partial charge in [0.2, 0.25) is 0 Å². The van der Waals surface area contributed by atoms with Crippen LogP contribution in [0.4, 0.5) is 17.6 Å².